The number of carbonyl (C=O) groups is 1. The zero-order valence-corrected chi connectivity index (χ0v) is 19.2. The Kier molecular flexibility index (Phi) is 6.43. The highest BCUT2D eigenvalue weighted by atomic mass is 19.2. The van der Waals surface area contributed by atoms with Crippen LogP contribution in [0.5, 0.6) is 0 Å². The molecule has 1 N–H and O–H groups in total. The molecule has 34 heavy (non-hydrogen) atoms. The van der Waals surface area contributed by atoms with Gasteiger partial charge in [0.1, 0.15) is 0 Å². The highest BCUT2D eigenvalue weighted by Gasteiger charge is 2.29. The molecule has 1 aliphatic carbocycles. The number of aromatic nitrogens is 2. The fourth-order valence-electron chi connectivity index (χ4n) is 4.95. The Hall–Kier alpha value is -3.10. The number of nitrogens with zero attached hydrogens (tertiary/aromatic N) is 3. The number of rotatable bonds is 6. The number of morpholine rings is 1. The summed E-state index contributed by atoms with van der Waals surface area (Å²) in [5.74, 6) is -2.08. The van der Waals surface area contributed by atoms with Gasteiger partial charge in [-0.05, 0) is 43.9 Å². The number of amides is 1. The molecule has 0 radical (unpaired) electrons. The number of hydrogen-bond donors (Lipinski definition) is 1. The molecule has 6 nitrogen and oxygen atoms in total. The van der Waals surface area contributed by atoms with E-state index in [9.17, 15) is 13.6 Å². The average Bonchev–Trinajstić information content (AvgIpc) is 3.45. The Balaban J connectivity index is 1.39. The average molecular weight is 467 g/mol. The van der Waals surface area contributed by atoms with E-state index in [0.717, 1.165) is 61.3 Å². The van der Waals surface area contributed by atoms with Gasteiger partial charge in [0.2, 0.25) is 0 Å². The van der Waals surface area contributed by atoms with Crippen molar-refractivity contribution in [2.75, 3.05) is 32.8 Å². The summed E-state index contributed by atoms with van der Waals surface area (Å²) in [4.78, 5) is 15.6. The van der Waals surface area contributed by atoms with Crippen molar-refractivity contribution >= 4 is 5.91 Å². The number of hydrogen-bond acceptors (Lipinski definition) is 4. The largest absolute Gasteiger partial charge is 0.379 e. The molecule has 1 fully saturated rings. The summed E-state index contributed by atoms with van der Waals surface area (Å²) >= 11 is 0. The van der Waals surface area contributed by atoms with Gasteiger partial charge in [-0.1, -0.05) is 29.8 Å². The highest BCUT2D eigenvalue weighted by Crippen LogP contribution is 2.29. The summed E-state index contributed by atoms with van der Waals surface area (Å²) in [5, 5.41) is 7.63. The van der Waals surface area contributed by atoms with Crippen LogP contribution in [0.2, 0.25) is 0 Å². The van der Waals surface area contributed by atoms with E-state index in [1.165, 1.54) is 11.6 Å². The van der Waals surface area contributed by atoms with Crippen molar-refractivity contribution in [3.05, 3.63) is 82.2 Å². The number of aryl methyl sites for hydroxylation is 1. The van der Waals surface area contributed by atoms with E-state index < -0.39 is 11.6 Å². The smallest absolute Gasteiger partial charge is 0.272 e. The van der Waals surface area contributed by atoms with Crippen LogP contribution in [0.3, 0.4) is 0 Å². The SMILES string of the molecule is Cc1cccc(C(CNC(=O)c2nn(-c3ccc(F)c(F)c3)c3c2CCC3)N2CCOCC2)c1. The minimum Gasteiger partial charge on any atom is -0.379 e. The third-order valence-corrected chi connectivity index (χ3v) is 6.66. The fourth-order valence-corrected chi connectivity index (χ4v) is 4.95. The Morgan fingerprint density at radius 3 is 2.71 bits per heavy atom. The Morgan fingerprint density at radius 1 is 1.12 bits per heavy atom. The van der Waals surface area contributed by atoms with Crippen molar-refractivity contribution in [2.45, 2.75) is 32.2 Å². The van der Waals surface area contributed by atoms with Gasteiger partial charge >= 0.3 is 0 Å². The van der Waals surface area contributed by atoms with Crippen LogP contribution in [0, 0.1) is 18.6 Å². The van der Waals surface area contributed by atoms with Crippen molar-refractivity contribution in [1.82, 2.24) is 20.0 Å². The second-order valence-corrected chi connectivity index (χ2v) is 8.93. The van der Waals surface area contributed by atoms with Crippen LogP contribution < -0.4 is 5.32 Å². The highest BCUT2D eigenvalue weighted by molar-refractivity contribution is 5.94. The third kappa shape index (κ3) is 4.48. The number of carbonyl (C=O) groups excluding carboxylic acids is 1. The molecule has 3 aromatic rings. The standard InChI is InChI=1S/C26H28F2N4O2/c1-17-4-2-5-18(14-17)24(31-10-12-34-13-11-31)16-29-26(33)25-20-6-3-7-23(20)32(30-25)19-8-9-21(27)22(28)15-19/h2,4-5,8-9,14-15,24H,3,6-7,10-13,16H2,1H3,(H,29,33). The van der Waals surface area contributed by atoms with Gasteiger partial charge in [-0.2, -0.15) is 5.10 Å². The minimum absolute atomic E-state index is 0.0223. The van der Waals surface area contributed by atoms with E-state index in [1.807, 2.05) is 6.07 Å². The fraction of sp³-hybridized carbons (Fsp3) is 0.385. The molecule has 0 spiro atoms. The zero-order valence-electron chi connectivity index (χ0n) is 19.2. The van der Waals surface area contributed by atoms with Gasteiger partial charge in [-0.15, -0.1) is 0 Å². The van der Waals surface area contributed by atoms with Gasteiger partial charge in [0.15, 0.2) is 17.3 Å². The molecule has 8 heteroatoms. The number of nitrogens with one attached hydrogen (secondary N) is 1. The molecular formula is C26H28F2N4O2. The molecule has 0 saturated carbocycles. The topological polar surface area (TPSA) is 59.4 Å². The molecule has 2 aliphatic rings. The second-order valence-electron chi connectivity index (χ2n) is 8.93. The van der Waals surface area contributed by atoms with Crippen molar-refractivity contribution in [3.63, 3.8) is 0 Å². The van der Waals surface area contributed by atoms with Crippen LogP contribution in [0.4, 0.5) is 8.78 Å². The summed E-state index contributed by atoms with van der Waals surface area (Å²) < 4.78 is 34.4. The van der Waals surface area contributed by atoms with Crippen LogP contribution in [-0.4, -0.2) is 53.4 Å². The lowest BCUT2D eigenvalue weighted by atomic mass is 10.0. The normalized spacial score (nSPS) is 16.9. The molecule has 5 rings (SSSR count). The summed E-state index contributed by atoms with van der Waals surface area (Å²) in [7, 11) is 0. The monoisotopic (exact) mass is 466 g/mol. The molecule has 1 aliphatic heterocycles. The van der Waals surface area contributed by atoms with E-state index in [4.69, 9.17) is 4.74 Å². The molecule has 1 saturated heterocycles. The van der Waals surface area contributed by atoms with E-state index in [0.29, 0.717) is 31.1 Å². The predicted molar refractivity (Wildman–Crippen MR) is 124 cm³/mol. The summed E-state index contributed by atoms with van der Waals surface area (Å²) in [6.07, 6.45) is 2.39. The van der Waals surface area contributed by atoms with Crippen LogP contribution in [-0.2, 0) is 17.6 Å². The first-order chi connectivity index (χ1) is 16.5. The molecule has 1 aromatic heterocycles. The zero-order chi connectivity index (χ0) is 23.7. The lowest BCUT2D eigenvalue weighted by Crippen LogP contribution is -2.44. The number of fused-ring (bicyclic) bond motifs is 1. The third-order valence-electron chi connectivity index (χ3n) is 6.66. The molecule has 2 aromatic carbocycles. The van der Waals surface area contributed by atoms with Gasteiger partial charge < -0.3 is 10.1 Å². The van der Waals surface area contributed by atoms with Crippen molar-refractivity contribution in [2.24, 2.45) is 0 Å². The van der Waals surface area contributed by atoms with Crippen LogP contribution in [0.15, 0.2) is 42.5 Å². The molecule has 1 unspecified atom stereocenters. The van der Waals surface area contributed by atoms with Crippen molar-refractivity contribution < 1.29 is 18.3 Å². The number of halogens is 2. The van der Waals surface area contributed by atoms with E-state index >= 15 is 0 Å². The van der Waals surface area contributed by atoms with Crippen molar-refractivity contribution in [3.8, 4) is 5.69 Å². The first-order valence-electron chi connectivity index (χ1n) is 11.7. The first kappa shape index (κ1) is 22.7. The molecule has 2 heterocycles. The molecule has 178 valence electrons. The summed E-state index contributed by atoms with van der Waals surface area (Å²) in [6, 6.07) is 12.1. The Labute approximate surface area is 197 Å². The molecule has 0 bridgehead atoms. The first-order valence-corrected chi connectivity index (χ1v) is 11.7. The molecular weight excluding hydrogens is 438 g/mol. The Bertz CT molecular complexity index is 1200. The maximum atomic E-state index is 13.8. The van der Waals surface area contributed by atoms with Gasteiger partial charge in [0, 0.05) is 37.0 Å². The lowest BCUT2D eigenvalue weighted by Gasteiger charge is -2.35. The molecule has 1 atom stereocenters. The van der Waals surface area contributed by atoms with Gasteiger partial charge in [0.25, 0.3) is 5.91 Å². The van der Waals surface area contributed by atoms with Crippen LogP contribution in [0.25, 0.3) is 5.69 Å². The van der Waals surface area contributed by atoms with E-state index in [2.05, 4.69) is 40.4 Å². The lowest BCUT2D eigenvalue weighted by molar-refractivity contribution is 0.0162. The quantitative estimate of drug-likeness (QED) is 0.601. The summed E-state index contributed by atoms with van der Waals surface area (Å²) in [5.41, 5.74) is 4.88. The van der Waals surface area contributed by atoms with E-state index in [-0.39, 0.29) is 11.9 Å². The summed E-state index contributed by atoms with van der Waals surface area (Å²) in [6.45, 7) is 5.44. The van der Waals surface area contributed by atoms with Gasteiger partial charge in [0.05, 0.1) is 24.9 Å². The van der Waals surface area contributed by atoms with Gasteiger partial charge in [-0.3, -0.25) is 9.69 Å². The maximum absolute atomic E-state index is 13.8. The molecule has 1 amide bonds. The van der Waals surface area contributed by atoms with Gasteiger partial charge in [-0.25, -0.2) is 13.5 Å². The number of benzene rings is 2. The minimum atomic E-state index is -0.933. The predicted octanol–water partition coefficient (Wildman–Crippen LogP) is 3.75. The van der Waals surface area contributed by atoms with Crippen LogP contribution in [0.1, 0.15) is 45.3 Å². The second kappa shape index (κ2) is 9.64. The van der Waals surface area contributed by atoms with Crippen molar-refractivity contribution in [1.29, 1.82) is 0 Å². The van der Waals surface area contributed by atoms with Crippen LogP contribution >= 0.6 is 0 Å². The van der Waals surface area contributed by atoms with E-state index in [1.54, 1.807) is 4.68 Å². The number of ether oxygens (including phenoxy) is 1. The maximum Gasteiger partial charge on any atom is 0.272 e. The Morgan fingerprint density at radius 2 is 1.94 bits per heavy atom.